The van der Waals surface area contributed by atoms with Gasteiger partial charge in [-0.2, -0.15) is 0 Å². The molecule has 0 fully saturated rings. The van der Waals surface area contributed by atoms with Gasteiger partial charge in [-0.3, -0.25) is 4.99 Å². The largest absolute Gasteiger partial charge is 0.487 e. The van der Waals surface area contributed by atoms with Crippen LogP contribution in [0.15, 0.2) is 71.4 Å². The highest BCUT2D eigenvalue weighted by Crippen LogP contribution is 2.13. The lowest BCUT2D eigenvalue weighted by molar-refractivity contribution is 0.350. The minimum Gasteiger partial charge on any atom is -0.487 e. The number of aliphatic imine (C=N–C) groups is 1. The maximum atomic E-state index is 12.5. The van der Waals surface area contributed by atoms with Gasteiger partial charge >= 0.3 is 0 Å². The highest BCUT2D eigenvalue weighted by atomic mass is 19.1. The van der Waals surface area contributed by atoms with Gasteiger partial charge in [0.25, 0.3) is 0 Å². The smallest absolute Gasteiger partial charge is 0.130 e. The van der Waals surface area contributed by atoms with Crippen LogP contribution in [-0.4, -0.2) is 12.3 Å². The number of benzene rings is 2. The lowest BCUT2D eigenvalue weighted by atomic mass is 10.1. The summed E-state index contributed by atoms with van der Waals surface area (Å²) in [5, 5.41) is 0. The standard InChI is InChI=1S/C22H24FNO/c1-4-21(16-25-22-13-5-17(2)6-14-22)24-18(3)7-8-19-9-11-20(15-23)12-10-19/h4-14H,15-16H2,1-3H3/b8-7+,21-4-,24-18+. The van der Waals surface area contributed by atoms with E-state index in [-0.39, 0.29) is 0 Å². The van der Waals surface area contributed by atoms with Crippen LogP contribution in [0, 0.1) is 6.92 Å². The Bertz CT molecular complexity index is 756. The van der Waals surface area contributed by atoms with E-state index >= 15 is 0 Å². The zero-order valence-corrected chi connectivity index (χ0v) is 15.0. The molecule has 2 aromatic carbocycles. The summed E-state index contributed by atoms with van der Waals surface area (Å²) in [5.41, 5.74) is 4.67. The number of rotatable bonds is 7. The fourth-order valence-corrected chi connectivity index (χ4v) is 2.17. The Kier molecular flexibility index (Phi) is 7.15. The Morgan fingerprint density at radius 1 is 1.08 bits per heavy atom. The summed E-state index contributed by atoms with van der Waals surface area (Å²) in [5.74, 6) is 0.835. The number of hydrogen-bond donors (Lipinski definition) is 0. The summed E-state index contributed by atoms with van der Waals surface area (Å²) >= 11 is 0. The van der Waals surface area contributed by atoms with Crippen molar-refractivity contribution in [2.75, 3.05) is 6.61 Å². The number of ether oxygens (including phenoxy) is 1. The van der Waals surface area contributed by atoms with Gasteiger partial charge in [-0.05, 0) is 50.1 Å². The van der Waals surface area contributed by atoms with Gasteiger partial charge in [-0.25, -0.2) is 4.39 Å². The van der Waals surface area contributed by atoms with Crippen molar-refractivity contribution in [3.8, 4) is 5.75 Å². The van der Waals surface area contributed by atoms with Gasteiger partial charge in [0.1, 0.15) is 19.0 Å². The van der Waals surface area contributed by atoms with Crippen molar-refractivity contribution < 1.29 is 9.13 Å². The first-order chi connectivity index (χ1) is 12.1. The van der Waals surface area contributed by atoms with Crippen LogP contribution < -0.4 is 4.74 Å². The molecule has 0 saturated carbocycles. The maximum absolute atomic E-state index is 12.5. The molecule has 0 spiro atoms. The zero-order valence-electron chi connectivity index (χ0n) is 15.0. The van der Waals surface area contributed by atoms with Crippen LogP contribution in [0.25, 0.3) is 6.08 Å². The number of nitrogens with zero attached hydrogens (tertiary/aromatic N) is 1. The number of aryl methyl sites for hydroxylation is 1. The Hall–Kier alpha value is -2.68. The average molecular weight is 337 g/mol. The molecule has 0 bridgehead atoms. The highest BCUT2D eigenvalue weighted by Gasteiger charge is 1.98. The molecular formula is C22H24FNO. The van der Waals surface area contributed by atoms with E-state index in [4.69, 9.17) is 4.74 Å². The summed E-state index contributed by atoms with van der Waals surface area (Å²) in [6.07, 6.45) is 5.86. The van der Waals surface area contributed by atoms with Crippen molar-refractivity contribution >= 4 is 11.8 Å². The molecule has 130 valence electrons. The Morgan fingerprint density at radius 3 is 2.36 bits per heavy atom. The minimum atomic E-state index is -0.434. The van der Waals surface area contributed by atoms with E-state index in [2.05, 4.69) is 4.99 Å². The van der Waals surface area contributed by atoms with Crippen molar-refractivity contribution in [1.29, 1.82) is 0 Å². The predicted octanol–water partition coefficient (Wildman–Crippen LogP) is 5.92. The molecule has 0 unspecified atom stereocenters. The summed E-state index contributed by atoms with van der Waals surface area (Å²) in [6.45, 7) is 5.93. The van der Waals surface area contributed by atoms with E-state index in [9.17, 15) is 4.39 Å². The van der Waals surface area contributed by atoms with Gasteiger partial charge in [0.15, 0.2) is 0 Å². The molecule has 0 saturated heterocycles. The van der Waals surface area contributed by atoms with E-state index in [0.29, 0.717) is 12.2 Å². The van der Waals surface area contributed by atoms with Crippen LogP contribution >= 0.6 is 0 Å². The average Bonchev–Trinajstić information content (AvgIpc) is 2.65. The van der Waals surface area contributed by atoms with Crippen molar-refractivity contribution in [1.82, 2.24) is 0 Å². The molecule has 0 aliphatic rings. The van der Waals surface area contributed by atoms with E-state index < -0.39 is 6.67 Å². The maximum Gasteiger partial charge on any atom is 0.130 e. The summed E-state index contributed by atoms with van der Waals surface area (Å²) in [7, 11) is 0. The first kappa shape index (κ1) is 18.7. The fraction of sp³-hybridized carbons (Fsp3) is 0.227. The van der Waals surface area contributed by atoms with Crippen LogP contribution in [0.4, 0.5) is 4.39 Å². The molecule has 0 amide bonds. The molecule has 0 aromatic heterocycles. The van der Waals surface area contributed by atoms with Gasteiger partial charge < -0.3 is 4.74 Å². The van der Waals surface area contributed by atoms with Crippen molar-refractivity contribution in [3.63, 3.8) is 0 Å². The Labute approximate surface area is 149 Å². The molecule has 0 aliphatic carbocycles. The van der Waals surface area contributed by atoms with Crippen molar-refractivity contribution in [2.24, 2.45) is 4.99 Å². The number of halogens is 1. The van der Waals surface area contributed by atoms with Crippen molar-refractivity contribution in [3.05, 3.63) is 83.1 Å². The SMILES string of the molecule is C\C=C(COc1ccc(C)cc1)/N=C(C)/C=C/c1ccc(CF)cc1. The van der Waals surface area contributed by atoms with Gasteiger partial charge in [-0.15, -0.1) is 0 Å². The number of hydrogen-bond acceptors (Lipinski definition) is 2. The molecule has 0 radical (unpaired) electrons. The lowest BCUT2D eigenvalue weighted by Gasteiger charge is -2.07. The molecular weight excluding hydrogens is 313 g/mol. The second kappa shape index (κ2) is 9.58. The lowest BCUT2D eigenvalue weighted by Crippen LogP contribution is -2.01. The number of alkyl halides is 1. The monoisotopic (exact) mass is 337 g/mol. The van der Waals surface area contributed by atoms with Crippen molar-refractivity contribution in [2.45, 2.75) is 27.4 Å². The van der Waals surface area contributed by atoms with E-state index in [0.717, 1.165) is 22.7 Å². The van der Waals surface area contributed by atoms with E-state index in [1.807, 2.05) is 75.4 Å². The fourth-order valence-electron chi connectivity index (χ4n) is 2.17. The van der Waals surface area contributed by atoms with Crippen LogP contribution in [0.3, 0.4) is 0 Å². The second-order valence-corrected chi connectivity index (χ2v) is 5.84. The second-order valence-electron chi connectivity index (χ2n) is 5.84. The quantitative estimate of drug-likeness (QED) is 0.575. The minimum absolute atomic E-state index is 0.427. The summed E-state index contributed by atoms with van der Waals surface area (Å²) < 4.78 is 18.3. The summed E-state index contributed by atoms with van der Waals surface area (Å²) in [4.78, 5) is 4.58. The topological polar surface area (TPSA) is 21.6 Å². The van der Waals surface area contributed by atoms with Gasteiger partial charge in [0, 0.05) is 5.71 Å². The normalized spacial score (nSPS) is 12.6. The Balaban J connectivity index is 1.95. The molecule has 0 aliphatic heterocycles. The third kappa shape index (κ3) is 6.38. The first-order valence-electron chi connectivity index (χ1n) is 8.33. The van der Waals surface area contributed by atoms with Crippen LogP contribution in [0.5, 0.6) is 5.75 Å². The molecule has 0 N–H and O–H groups in total. The molecule has 2 aromatic rings. The molecule has 3 heteroatoms. The van der Waals surface area contributed by atoms with Crippen LogP contribution in [0.2, 0.25) is 0 Å². The molecule has 2 nitrogen and oxygen atoms in total. The highest BCUT2D eigenvalue weighted by molar-refractivity contribution is 5.96. The van der Waals surface area contributed by atoms with Crippen LogP contribution in [-0.2, 0) is 6.67 Å². The molecule has 2 rings (SSSR count). The third-order valence-electron chi connectivity index (χ3n) is 3.71. The molecule has 0 heterocycles. The predicted molar refractivity (Wildman–Crippen MR) is 104 cm³/mol. The first-order valence-corrected chi connectivity index (χ1v) is 8.33. The summed E-state index contributed by atoms with van der Waals surface area (Å²) in [6, 6.07) is 15.3. The van der Waals surface area contributed by atoms with E-state index in [1.165, 1.54) is 5.56 Å². The van der Waals surface area contributed by atoms with Crippen LogP contribution in [0.1, 0.15) is 30.5 Å². The van der Waals surface area contributed by atoms with Gasteiger partial charge in [0.2, 0.25) is 0 Å². The zero-order chi connectivity index (χ0) is 18.1. The Morgan fingerprint density at radius 2 is 1.76 bits per heavy atom. The molecule has 25 heavy (non-hydrogen) atoms. The van der Waals surface area contributed by atoms with Gasteiger partial charge in [0.05, 0.1) is 5.70 Å². The molecule has 0 atom stereocenters. The number of allylic oxidation sites excluding steroid dienone is 2. The van der Waals surface area contributed by atoms with E-state index in [1.54, 1.807) is 12.1 Å². The third-order valence-corrected chi connectivity index (χ3v) is 3.71. The van der Waals surface area contributed by atoms with Gasteiger partial charge in [-0.1, -0.05) is 54.1 Å².